The molecule has 2 aromatic heterocycles. The van der Waals surface area contributed by atoms with Gasteiger partial charge in [-0.3, -0.25) is 0 Å². The number of nitrogens with zero attached hydrogens (tertiary/aromatic N) is 3. The van der Waals surface area contributed by atoms with E-state index in [2.05, 4.69) is 26.0 Å². The van der Waals surface area contributed by atoms with Crippen molar-refractivity contribution in [3.8, 4) is 0 Å². The number of aromatic nitrogens is 3. The fraction of sp³-hybridized carbons (Fsp3) is 0.474. The van der Waals surface area contributed by atoms with Gasteiger partial charge in [0.15, 0.2) is 0 Å². The summed E-state index contributed by atoms with van der Waals surface area (Å²) < 4.78 is 21.6. The molecule has 1 aromatic carbocycles. The third-order valence-electron chi connectivity index (χ3n) is 4.88. The first-order chi connectivity index (χ1) is 12.7. The third-order valence-corrected chi connectivity index (χ3v) is 5.48. The molecule has 6 nitrogen and oxygen atoms in total. The molecule has 1 aliphatic rings. The van der Waals surface area contributed by atoms with E-state index >= 15 is 0 Å². The number of H-pyrrole nitrogens is 1. The molecule has 0 unspecified atom stereocenters. The minimum absolute atomic E-state index is 0.258. The lowest BCUT2D eigenvalue weighted by molar-refractivity contribution is 0.0205. The van der Waals surface area contributed by atoms with Crippen LogP contribution in [0, 0.1) is 5.82 Å². The van der Waals surface area contributed by atoms with Crippen molar-refractivity contribution in [2.24, 2.45) is 0 Å². The van der Waals surface area contributed by atoms with Crippen LogP contribution in [0.5, 0.6) is 0 Å². The molecule has 1 amide bonds. The first kappa shape index (κ1) is 18.3. The molecule has 1 N–H and O–H groups in total. The molecular formula is C19H22BrFN4O2. The van der Waals surface area contributed by atoms with E-state index in [-0.39, 0.29) is 17.8 Å². The second-order valence-corrected chi connectivity index (χ2v) is 8.87. The summed E-state index contributed by atoms with van der Waals surface area (Å²) in [4.78, 5) is 17.3. The lowest BCUT2D eigenvalue weighted by Gasteiger charge is -2.33. The first-order valence-electron chi connectivity index (χ1n) is 9.05. The van der Waals surface area contributed by atoms with E-state index in [1.54, 1.807) is 4.90 Å². The maximum absolute atomic E-state index is 13.7. The molecule has 0 radical (unpaired) electrons. The van der Waals surface area contributed by atoms with Gasteiger partial charge in [0.25, 0.3) is 0 Å². The molecule has 0 spiro atoms. The van der Waals surface area contributed by atoms with Gasteiger partial charge < -0.3 is 14.6 Å². The number of carbonyl (C=O) groups is 1. The van der Waals surface area contributed by atoms with Crippen molar-refractivity contribution in [3.63, 3.8) is 0 Å². The highest BCUT2D eigenvalue weighted by Gasteiger charge is 2.29. The first-order valence-corrected chi connectivity index (χ1v) is 9.84. The van der Waals surface area contributed by atoms with Crippen LogP contribution in [0.3, 0.4) is 0 Å². The van der Waals surface area contributed by atoms with Gasteiger partial charge >= 0.3 is 6.09 Å². The molecule has 0 atom stereocenters. The molecule has 3 heterocycles. The van der Waals surface area contributed by atoms with E-state index in [1.165, 1.54) is 12.1 Å². The molecular weight excluding hydrogens is 415 g/mol. The summed E-state index contributed by atoms with van der Waals surface area (Å²) in [5.41, 5.74) is 3.02. The quantitative estimate of drug-likeness (QED) is 0.593. The zero-order chi connectivity index (χ0) is 19.3. The third kappa shape index (κ3) is 3.42. The van der Waals surface area contributed by atoms with Gasteiger partial charge in [-0.25, -0.2) is 13.7 Å². The standard InChI is InChI=1S/C19H22BrFN4O2/c1-19(2,3)27-18(26)24-6-4-11(5-7-24)13-10-22-25-16-14(20)8-12(21)9-15(16)23-17(13)25/h8-11,23H,4-7H2,1-3H3. The van der Waals surface area contributed by atoms with Crippen LogP contribution in [0.15, 0.2) is 22.8 Å². The summed E-state index contributed by atoms with van der Waals surface area (Å²) in [5, 5.41) is 4.50. The Hall–Kier alpha value is -2.09. The predicted molar refractivity (Wildman–Crippen MR) is 104 cm³/mol. The van der Waals surface area contributed by atoms with Crippen molar-refractivity contribution in [2.75, 3.05) is 13.1 Å². The number of imidazole rings is 1. The highest BCUT2D eigenvalue weighted by atomic mass is 79.9. The Labute approximate surface area is 164 Å². The molecule has 8 heteroatoms. The SMILES string of the molecule is CC(C)(C)OC(=O)N1CCC(c2cnn3c2[nH]c2cc(F)cc(Br)c23)CC1. The largest absolute Gasteiger partial charge is 0.444 e. The summed E-state index contributed by atoms with van der Waals surface area (Å²) in [7, 11) is 0. The molecule has 0 saturated carbocycles. The van der Waals surface area contributed by atoms with Crippen molar-refractivity contribution in [1.29, 1.82) is 0 Å². The smallest absolute Gasteiger partial charge is 0.410 e. The minimum atomic E-state index is -0.487. The average Bonchev–Trinajstić information content (AvgIpc) is 3.11. The Kier molecular flexibility index (Phi) is 4.41. The van der Waals surface area contributed by atoms with Crippen LogP contribution in [-0.2, 0) is 4.74 Å². The molecule has 0 aliphatic carbocycles. The maximum Gasteiger partial charge on any atom is 0.410 e. The summed E-state index contributed by atoms with van der Waals surface area (Å²) in [6.07, 6.45) is 3.29. The van der Waals surface area contributed by atoms with Gasteiger partial charge in [-0.2, -0.15) is 5.10 Å². The number of rotatable bonds is 1. The van der Waals surface area contributed by atoms with Crippen molar-refractivity contribution >= 4 is 38.7 Å². The molecule has 1 aliphatic heterocycles. The Bertz CT molecular complexity index is 1010. The fourth-order valence-corrected chi connectivity index (χ4v) is 4.26. The van der Waals surface area contributed by atoms with Gasteiger partial charge in [0.05, 0.1) is 11.7 Å². The molecule has 3 aromatic rings. The van der Waals surface area contributed by atoms with Crippen molar-refractivity contribution in [3.05, 3.63) is 34.2 Å². The lowest BCUT2D eigenvalue weighted by Crippen LogP contribution is -2.41. The highest BCUT2D eigenvalue weighted by molar-refractivity contribution is 9.10. The second kappa shape index (κ2) is 6.51. The molecule has 1 saturated heterocycles. The van der Waals surface area contributed by atoms with Gasteiger partial charge in [0.1, 0.15) is 22.6 Å². The highest BCUT2D eigenvalue weighted by Crippen LogP contribution is 2.34. The number of amides is 1. The van der Waals surface area contributed by atoms with Crippen LogP contribution in [-0.4, -0.2) is 44.3 Å². The number of nitrogens with one attached hydrogen (secondary N) is 1. The van der Waals surface area contributed by atoms with Crippen LogP contribution >= 0.6 is 15.9 Å². The van der Waals surface area contributed by atoms with Gasteiger partial charge in [-0.05, 0) is 67.6 Å². The Morgan fingerprint density at radius 2 is 2.04 bits per heavy atom. The maximum atomic E-state index is 13.7. The molecule has 4 rings (SSSR count). The lowest BCUT2D eigenvalue weighted by atomic mass is 9.91. The van der Waals surface area contributed by atoms with E-state index in [0.29, 0.717) is 23.1 Å². The average molecular weight is 437 g/mol. The Morgan fingerprint density at radius 3 is 2.70 bits per heavy atom. The monoisotopic (exact) mass is 436 g/mol. The number of benzene rings is 1. The molecule has 27 heavy (non-hydrogen) atoms. The number of aromatic amines is 1. The number of ether oxygens (including phenoxy) is 1. The van der Waals surface area contributed by atoms with E-state index in [0.717, 1.165) is 29.6 Å². The second-order valence-electron chi connectivity index (χ2n) is 8.01. The number of fused-ring (bicyclic) bond motifs is 3. The minimum Gasteiger partial charge on any atom is -0.444 e. The van der Waals surface area contributed by atoms with Crippen molar-refractivity contribution in [2.45, 2.75) is 45.1 Å². The number of hydrogen-bond donors (Lipinski definition) is 1. The topological polar surface area (TPSA) is 62.6 Å². The zero-order valence-corrected chi connectivity index (χ0v) is 17.1. The van der Waals surface area contributed by atoms with Crippen LogP contribution in [0.2, 0.25) is 0 Å². The predicted octanol–water partition coefficient (Wildman–Crippen LogP) is 4.83. The summed E-state index contributed by atoms with van der Waals surface area (Å²) in [5.74, 6) is -0.0102. The Balaban J connectivity index is 1.56. The Morgan fingerprint density at radius 1 is 1.33 bits per heavy atom. The van der Waals surface area contributed by atoms with E-state index in [1.807, 2.05) is 31.5 Å². The number of likely N-dealkylation sites (tertiary alicyclic amines) is 1. The van der Waals surface area contributed by atoms with Crippen molar-refractivity contribution < 1.29 is 13.9 Å². The van der Waals surface area contributed by atoms with Gasteiger partial charge in [0, 0.05) is 23.1 Å². The van der Waals surface area contributed by atoms with Crippen LogP contribution in [0.4, 0.5) is 9.18 Å². The molecule has 144 valence electrons. The number of halogens is 2. The number of hydrogen-bond acceptors (Lipinski definition) is 3. The summed E-state index contributed by atoms with van der Waals surface area (Å²) in [6.45, 7) is 6.92. The van der Waals surface area contributed by atoms with E-state index in [4.69, 9.17) is 4.74 Å². The van der Waals surface area contributed by atoms with Crippen LogP contribution in [0.25, 0.3) is 16.7 Å². The summed E-state index contributed by atoms with van der Waals surface area (Å²) >= 11 is 3.42. The number of piperidine rings is 1. The van der Waals surface area contributed by atoms with Gasteiger partial charge in [-0.15, -0.1) is 0 Å². The van der Waals surface area contributed by atoms with Crippen LogP contribution in [0.1, 0.15) is 45.1 Å². The zero-order valence-electron chi connectivity index (χ0n) is 15.6. The van der Waals surface area contributed by atoms with E-state index in [9.17, 15) is 9.18 Å². The molecule has 1 fully saturated rings. The van der Waals surface area contributed by atoms with Gasteiger partial charge in [0.2, 0.25) is 0 Å². The summed E-state index contributed by atoms with van der Waals surface area (Å²) in [6, 6.07) is 2.92. The van der Waals surface area contributed by atoms with E-state index < -0.39 is 5.60 Å². The molecule has 0 bridgehead atoms. The van der Waals surface area contributed by atoms with Gasteiger partial charge in [-0.1, -0.05) is 0 Å². The van der Waals surface area contributed by atoms with Crippen LogP contribution < -0.4 is 0 Å². The fourth-order valence-electron chi connectivity index (χ4n) is 3.66. The normalized spacial score (nSPS) is 16.4. The number of carbonyl (C=O) groups excluding carboxylic acids is 1. The van der Waals surface area contributed by atoms with Crippen molar-refractivity contribution in [1.82, 2.24) is 19.5 Å².